The molecule has 0 spiro atoms. The number of anilines is 2. The molecule has 2 atom stereocenters. The number of rotatable bonds is 2. The number of halogens is 1. The summed E-state index contributed by atoms with van der Waals surface area (Å²) in [5.41, 5.74) is 6.72. The first-order chi connectivity index (χ1) is 8.08. The van der Waals surface area contributed by atoms with Gasteiger partial charge in [-0.1, -0.05) is 19.8 Å². The summed E-state index contributed by atoms with van der Waals surface area (Å²) in [6.07, 6.45) is 4.85. The van der Waals surface area contributed by atoms with Crippen molar-refractivity contribution in [3.63, 3.8) is 0 Å². The average Bonchev–Trinajstić information content (AvgIpc) is 2.28. The topological polar surface area (TPSA) is 29.3 Å². The molecule has 2 unspecified atom stereocenters. The number of nitrogens with zero attached hydrogens (tertiary/aromatic N) is 1. The predicted octanol–water partition coefficient (Wildman–Crippen LogP) is 3.42. The fourth-order valence-corrected chi connectivity index (χ4v) is 2.76. The van der Waals surface area contributed by atoms with Gasteiger partial charge < -0.3 is 10.6 Å². The third-order valence-electron chi connectivity index (χ3n) is 3.81. The Bertz CT molecular complexity index is 392. The lowest BCUT2D eigenvalue weighted by Gasteiger charge is -2.35. The van der Waals surface area contributed by atoms with E-state index in [0.29, 0.717) is 17.4 Å². The number of benzene rings is 1. The van der Waals surface area contributed by atoms with E-state index in [1.165, 1.54) is 18.9 Å². The molecule has 0 amide bonds. The van der Waals surface area contributed by atoms with E-state index in [2.05, 4.69) is 11.8 Å². The molecular formula is C14H21FN2. The smallest absolute Gasteiger partial charge is 0.148 e. The van der Waals surface area contributed by atoms with Crippen LogP contribution in [-0.4, -0.2) is 13.1 Å². The van der Waals surface area contributed by atoms with Gasteiger partial charge in [-0.3, -0.25) is 0 Å². The maximum absolute atomic E-state index is 13.8. The average molecular weight is 236 g/mol. The van der Waals surface area contributed by atoms with E-state index in [1.54, 1.807) is 12.1 Å². The molecule has 2 nitrogen and oxygen atoms in total. The molecule has 1 aliphatic rings. The van der Waals surface area contributed by atoms with Crippen LogP contribution in [-0.2, 0) is 0 Å². The molecule has 2 N–H and O–H groups in total. The Hall–Kier alpha value is -1.25. The first kappa shape index (κ1) is 12.2. The number of nitrogen functional groups attached to an aromatic ring is 1. The van der Waals surface area contributed by atoms with Crippen LogP contribution in [0.3, 0.4) is 0 Å². The summed E-state index contributed by atoms with van der Waals surface area (Å²) in [5, 5.41) is 0. The molecule has 0 heterocycles. The Kier molecular flexibility index (Phi) is 3.55. The summed E-state index contributed by atoms with van der Waals surface area (Å²) in [4.78, 5) is 2.07. The van der Waals surface area contributed by atoms with E-state index in [0.717, 1.165) is 18.8 Å². The lowest BCUT2D eigenvalue weighted by molar-refractivity contribution is 0.335. The second kappa shape index (κ2) is 4.94. The Morgan fingerprint density at radius 3 is 2.76 bits per heavy atom. The van der Waals surface area contributed by atoms with Crippen LogP contribution in [0.25, 0.3) is 0 Å². The van der Waals surface area contributed by atoms with E-state index >= 15 is 0 Å². The van der Waals surface area contributed by atoms with Crippen LogP contribution < -0.4 is 10.6 Å². The van der Waals surface area contributed by atoms with Crippen LogP contribution in [0.4, 0.5) is 15.8 Å². The molecular weight excluding hydrogens is 215 g/mol. The van der Waals surface area contributed by atoms with Gasteiger partial charge in [-0.25, -0.2) is 4.39 Å². The fourth-order valence-electron chi connectivity index (χ4n) is 2.76. The first-order valence-electron chi connectivity index (χ1n) is 6.36. The Morgan fingerprint density at radius 1 is 1.35 bits per heavy atom. The van der Waals surface area contributed by atoms with Crippen molar-refractivity contribution in [2.45, 2.75) is 38.6 Å². The van der Waals surface area contributed by atoms with Gasteiger partial charge in [0.1, 0.15) is 5.82 Å². The van der Waals surface area contributed by atoms with Gasteiger partial charge in [-0.2, -0.15) is 0 Å². The van der Waals surface area contributed by atoms with E-state index in [1.807, 2.05) is 7.05 Å². The van der Waals surface area contributed by atoms with E-state index in [9.17, 15) is 4.39 Å². The molecule has 0 bridgehead atoms. The quantitative estimate of drug-likeness (QED) is 0.797. The molecule has 1 aliphatic carbocycles. The van der Waals surface area contributed by atoms with Crippen LogP contribution in [0.2, 0.25) is 0 Å². The van der Waals surface area contributed by atoms with Crippen molar-refractivity contribution in [2.75, 3.05) is 17.7 Å². The predicted molar refractivity (Wildman–Crippen MR) is 70.6 cm³/mol. The molecule has 0 radical (unpaired) electrons. The van der Waals surface area contributed by atoms with Crippen LogP contribution >= 0.6 is 0 Å². The van der Waals surface area contributed by atoms with E-state index < -0.39 is 0 Å². The normalized spacial score (nSPS) is 24.6. The maximum Gasteiger partial charge on any atom is 0.148 e. The summed E-state index contributed by atoms with van der Waals surface area (Å²) < 4.78 is 13.8. The molecule has 2 rings (SSSR count). The SMILES string of the molecule is CC1CCCC(N(C)c2ccc(N)cc2F)C1. The standard InChI is InChI=1S/C14H21FN2/c1-10-4-3-5-12(8-10)17(2)14-7-6-11(16)9-13(14)15/h6-7,9-10,12H,3-5,8,16H2,1-2H3. The summed E-state index contributed by atoms with van der Waals surface area (Å²) in [5.74, 6) is 0.527. The van der Waals surface area contributed by atoms with Crippen molar-refractivity contribution in [3.8, 4) is 0 Å². The lowest BCUT2D eigenvalue weighted by atomic mass is 9.86. The second-order valence-corrected chi connectivity index (χ2v) is 5.25. The van der Waals surface area contributed by atoms with Crippen molar-refractivity contribution in [3.05, 3.63) is 24.0 Å². The minimum atomic E-state index is -0.217. The van der Waals surface area contributed by atoms with E-state index in [4.69, 9.17) is 5.73 Å². The van der Waals surface area contributed by atoms with Crippen molar-refractivity contribution in [1.29, 1.82) is 0 Å². The highest BCUT2D eigenvalue weighted by Crippen LogP contribution is 2.31. The highest BCUT2D eigenvalue weighted by atomic mass is 19.1. The van der Waals surface area contributed by atoms with Gasteiger partial charge in [0.2, 0.25) is 0 Å². The number of hydrogen-bond acceptors (Lipinski definition) is 2. The van der Waals surface area contributed by atoms with E-state index in [-0.39, 0.29) is 5.82 Å². The molecule has 1 fully saturated rings. The van der Waals surface area contributed by atoms with Gasteiger partial charge >= 0.3 is 0 Å². The molecule has 1 aromatic carbocycles. The molecule has 0 aromatic heterocycles. The largest absolute Gasteiger partial charge is 0.399 e. The van der Waals surface area contributed by atoms with Crippen LogP contribution in [0.15, 0.2) is 18.2 Å². The Morgan fingerprint density at radius 2 is 2.12 bits per heavy atom. The van der Waals surface area contributed by atoms with Gasteiger partial charge in [0.05, 0.1) is 5.69 Å². The van der Waals surface area contributed by atoms with Gasteiger partial charge in [0.25, 0.3) is 0 Å². The molecule has 94 valence electrons. The molecule has 17 heavy (non-hydrogen) atoms. The second-order valence-electron chi connectivity index (χ2n) is 5.25. The summed E-state index contributed by atoms with van der Waals surface area (Å²) in [6, 6.07) is 5.40. The number of hydrogen-bond donors (Lipinski definition) is 1. The fraction of sp³-hybridized carbons (Fsp3) is 0.571. The number of nitrogens with two attached hydrogens (primary N) is 1. The van der Waals surface area contributed by atoms with Crippen molar-refractivity contribution in [1.82, 2.24) is 0 Å². The maximum atomic E-state index is 13.8. The molecule has 0 aliphatic heterocycles. The summed E-state index contributed by atoms with van der Waals surface area (Å²) >= 11 is 0. The van der Waals surface area contributed by atoms with Crippen molar-refractivity contribution in [2.24, 2.45) is 5.92 Å². The zero-order chi connectivity index (χ0) is 12.4. The molecule has 1 aromatic rings. The van der Waals surface area contributed by atoms with Crippen LogP contribution in [0.5, 0.6) is 0 Å². The summed E-state index contributed by atoms with van der Waals surface area (Å²) in [6.45, 7) is 2.28. The van der Waals surface area contributed by atoms with Gasteiger partial charge in [-0.05, 0) is 37.0 Å². The third-order valence-corrected chi connectivity index (χ3v) is 3.81. The molecule has 3 heteroatoms. The highest BCUT2D eigenvalue weighted by molar-refractivity contribution is 5.54. The minimum Gasteiger partial charge on any atom is -0.399 e. The zero-order valence-corrected chi connectivity index (χ0v) is 10.6. The first-order valence-corrected chi connectivity index (χ1v) is 6.36. The van der Waals surface area contributed by atoms with Crippen LogP contribution in [0, 0.1) is 11.7 Å². The minimum absolute atomic E-state index is 0.217. The van der Waals surface area contributed by atoms with Crippen molar-refractivity contribution >= 4 is 11.4 Å². The van der Waals surface area contributed by atoms with Crippen molar-refractivity contribution < 1.29 is 4.39 Å². The molecule has 1 saturated carbocycles. The zero-order valence-electron chi connectivity index (χ0n) is 10.6. The Balaban J connectivity index is 2.15. The lowest BCUT2D eigenvalue weighted by Crippen LogP contribution is -2.36. The van der Waals surface area contributed by atoms with Gasteiger partial charge in [0.15, 0.2) is 0 Å². The third kappa shape index (κ3) is 2.71. The van der Waals surface area contributed by atoms with Crippen LogP contribution in [0.1, 0.15) is 32.6 Å². The Labute approximate surface area is 103 Å². The van der Waals surface area contributed by atoms with Gasteiger partial charge in [0, 0.05) is 18.8 Å². The summed E-state index contributed by atoms with van der Waals surface area (Å²) in [7, 11) is 1.98. The van der Waals surface area contributed by atoms with Gasteiger partial charge in [-0.15, -0.1) is 0 Å². The highest BCUT2D eigenvalue weighted by Gasteiger charge is 2.23. The monoisotopic (exact) mass is 236 g/mol. The molecule has 0 saturated heterocycles.